The van der Waals surface area contributed by atoms with E-state index in [1.54, 1.807) is 14.0 Å². The van der Waals surface area contributed by atoms with Gasteiger partial charge in [-0.25, -0.2) is 0 Å². The molecule has 3 unspecified atom stereocenters. The van der Waals surface area contributed by atoms with E-state index in [0.717, 1.165) is 17.0 Å². The molecule has 1 aromatic carbocycles. The van der Waals surface area contributed by atoms with Gasteiger partial charge in [0.1, 0.15) is 12.0 Å². The van der Waals surface area contributed by atoms with Gasteiger partial charge in [0, 0.05) is 19.2 Å². The highest BCUT2D eigenvalue weighted by atomic mass is 19.4. The van der Waals surface area contributed by atoms with Crippen LogP contribution in [0.5, 0.6) is 0 Å². The molecule has 1 aliphatic rings. The predicted octanol–water partition coefficient (Wildman–Crippen LogP) is 4.28. The van der Waals surface area contributed by atoms with E-state index >= 15 is 0 Å². The van der Waals surface area contributed by atoms with Crippen molar-refractivity contribution < 1.29 is 27.5 Å². The van der Waals surface area contributed by atoms with Crippen LogP contribution in [0.3, 0.4) is 0 Å². The summed E-state index contributed by atoms with van der Waals surface area (Å²) in [6.45, 7) is 7.61. The van der Waals surface area contributed by atoms with E-state index in [0.29, 0.717) is 19.1 Å². The average molecular weight is 441 g/mol. The minimum absolute atomic E-state index is 0.0106. The Hall–Kier alpha value is -2.44. The zero-order valence-corrected chi connectivity index (χ0v) is 18.8. The van der Waals surface area contributed by atoms with Gasteiger partial charge < -0.3 is 14.4 Å². The maximum absolute atomic E-state index is 13.2. The summed E-state index contributed by atoms with van der Waals surface area (Å²) in [6, 6.07) is 4.56. The zero-order valence-electron chi connectivity index (χ0n) is 18.8. The number of carbonyl (C=O) groups excluding carboxylic acids is 2. The molecule has 0 bridgehead atoms. The van der Waals surface area contributed by atoms with E-state index in [-0.39, 0.29) is 12.1 Å². The predicted molar refractivity (Wildman–Crippen MR) is 111 cm³/mol. The number of hydrogen-bond donors (Lipinski definition) is 1. The van der Waals surface area contributed by atoms with Crippen LogP contribution >= 0.6 is 0 Å². The minimum atomic E-state index is -4.72. The number of rotatable bonds is 6. The summed E-state index contributed by atoms with van der Waals surface area (Å²) in [5.74, 6) is -1.28. The molecule has 2 rings (SSSR count). The molecule has 1 saturated heterocycles. The summed E-state index contributed by atoms with van der Waals surface area (Å²) in [4.78, 5) is 25.5. The highest BCUT2D eigenvalue weighted by Crippen LogP contribution is 2.41. The fourth-order valence-electron chi connectivity index (χ4n) is 3.49. The number of anilines is 1. The number of nitrogens with zero attached hydrogens (tertiary/aromatic N) is 2. The normalized spacial score (nSPS) is 23.9. The number of halogens is 3. The number of nitrogens with one attached hydrogen (secondary N) is 1. The third-order valence-electron chi connectivity index (χ3n) is 5.62. The van der Waals surface area contributed by atoms with E-state index in [1.807, 2.05) is 20.8 Å². The molecule has 0 aliphatic carbocycles. The molecule has 0 aromatic heterocycles. The first kappa shape index (κ1) is 26.6. The molecule has 1 aliphatic heterocycles. The Morgan fingerprint density at radius 2 is 1.97 bits per heavy atom. The van der Waals surface area contributed by atoms with Gasteiger partial charge in [0.05, 0.1) is 28.7 Å². The molecule has 1 aromatic rings. The van der Waals surface area contributed by atoms with Crippen molar-refractivity contribution in [2.45, 2.75) is 64.5 Å². The van der Waals surface area contributed by atoms with Crippen molar-refractivity contribution >= 4 is 17.9 Å². The fraction of sp³-hybridized carbons (Fsp3) is 0.591. The summed E-state index contributed by atoms with van der Waals surface area (Å²) in [6.07, 6.45) is -3.07. The quantitative estimate of drug-likeness (QED) is 0.667. The van der Waals surface area contributed by atoms with Gasteiger partial charge >= 0.3 is 6.18 Å². The Morgan fingerprint density at radius 1 is 1.35 bits per heavy atom. The topological polar surface area (TPSA) is 82.4 Å². The maximum atomic E-state index is 13.2. The molecule has 0 spiro atoms. The molecular formula is C22H30F3N3O3. The van der Waals surface area contributed by atoms with E-state index in [2.05, 4.69) is 5.32 Å². The van der Waals surface area contributed by atoms with Crippen molar-refractivity contribution in [3.63, 3.8) is 0 Å². The van der Waals surface area contributed by atoms with Gasteiger partial charge in [-0.2, -0.15) is 18.4 Å². The number of ether oxygens (including phenoxy) is 1. The zero-order chi connectivity index (χ0) is 24.0. The standard InChI is InChI=1S/C20H24F3N3O3.C2H6/c1-18(7-8-19(2,25-3)29-18)14(12-27)9-17(28)26(4)15-6-5-13(11-24)16(10-15)20(21,22)23;1-2/h5-6,10,12,14,25H,7-9H2,1-4H3;1-2H3. The van der Waals surface area contributed by atoms with Crippen LogP contribution in [0, 0.1) is 17.2 Å². The lowest BCUT2D eigenvalue weighted by atomic mass is 9.84. The molecule has 0 saturated carbocycles. The highest BCUT2D eigenvalue weighted by Gasteiger charge is 2.48. The molecule has 0 radical (unpaired) electrons. The summed E-state index contributed by atoms with van der Waals surface area (Å²) in [5.41, 5.74) is -3.12. The summed E-state index contributed by atoms with van der Waals surface area (Å²) >= 11 is 0. The Bertz CT molecular complexity index is 838. The second kappa shape index (κ2) is 10.2. The highest BCUT2D eigenvalue weighted by molar-refractivity contribution is 5.94. The number of aldehydes is 1. The fourth-order valence-corrected chi connectivity index (χ4v) is 3.49. The molecule has 9 heteroatoms. The van der Waals surface area contributed by atoms with E-state index in [4.69, 9.17) is 10.00 Å². The maximum Gasteiger partial charge on any atom is 0.417 e. The average Bonchev–Trinajstić information content (AvgIpc) is 3.07. The minimum Gasteiger partial charge on any atom is -0.354 e. The van der Waals surface area contributed by atoms with Crippen LogP contribution in [0.2, 0.25) is 0 Å². The van der Waals surface area contributed by atoms with Gasteiger partial charge in [0.2, 0.25) is 5.91 Å². The van der Waals surface area contributed by atoms with Gasteiger partial charge in [0.15, 0.2) is 0 Å². The lowest BCUT2D eigenvalue weighted by Gasteiger charge is -2.34. The molecular weight excluding hydrogens is 411 g/mol. The molecule has 3 atom stereocenters. The Kier molecular flexibility index (Phi) is 8.79. The summed E-state index contributed by atoms with van der Waals surface area (Å²) in [7, 11) is 3.07. The first-order chi connectivity index (χ1) is 14.4. The van der Waals surface area contributed by atoms with Gasteiger partial charge in [-0.15, -0.1) is 0 Å². The molecule has 1 N–H and O–H groups in total. The number of nitriles is 1. The van der Waals surface area contributed by atoms with Crippen molar-refractivity contribution in [2.75, 3.05) is 19.0 Å². The summed E-state index contributed by atoms with van der Waals surface area (Å²) in [5, 5.41) is 11.9. The van der Waals surface area contributed by atoms with Crippen molar-refractivity contribution in [1.82, 2.24) is 5.32 Å². The molecule has 1 amide bonds. The van der Waals surface area contributed by atoms with E-state index in [1.165, 1.54) is 19.2 Å². The largest absolute Gasteiger partial charge is 0.417 e. The van der Waals surface area contributed by atoms with Crippen LogP contribution in [0.1, 0.15) is 58.1 Å². The molecule has 31 heavy (non-hydrogen) atoms. The number of amides is 1. The SMILES string of the molecule is CC.CNC1(C)CCC(C)(C(C=O)CC(=O)N(C)c2ccc(C#N)c(C(F)(F)F)c2)O1. The summed E-state index contributed by atoms with van der Waals surface area (Å²) < 4.78 is 45.6. The van der Waals surface area contributed by atoms with E-state index in [9.17, 15) is 22.8 Å². The molecule has 1 fully saturated rings. The Labute approximate surface area is 181 Å². The molecule has 172 valence electrons. The van der Waals surface area contributed by atoms with Gasteiger partial charge in [-0.05, 0) is 51.9 Å². The second-order valence-electron chi connectivity index (χ2n) is 7.63. The Balaban J connectivity index is 0.00000233. The monoisotopic (exact) mass is 441 g/mol. The van der Waals surface area contributed by atoms with E-state index < -0.39 is 40.5 Å². The third kappa shape index (κ3) is 6.05. The first-order valence-corrected chi connectivity index (χ1v) is 10.1. The smallest absolute Gasteiger partial charge is 0.354 e. The number of benzene rings is 1. The van der Waals surface area contributed by atoms with Crippen LogP contribution in [0.15, 0.2) is 18.2 Å². The van der Waals surface area contributed by atoms with Crippen LogP contribution in [-0.2, 0) is 20.5 Å². The van der Waals surface area contributed by atoms with Gasteiger partial charge in [-0.1, -0.05) is 13.8 Å². The van der Waals surface area contributed by atoms with Crippen LogP contribution in [0.4, 0.5) is 18.9 Å². The third-order valence-corrected chi connectivity index (χ3v) is 5.62. The lowest BCUT2D eigenvalue weighted by molar-refractivity contribution is -0.145. The lowest BCUT2D eigenvalue weighted by Crippen LogP contribution is -2.46. The van der Waals surface area contributed by atoms with Crippen molar-refractivity contribution in [3.05, 3.63) is 29.3 Å². The number of carbonyl (C=O) groups is 2. The number of hydrogen-bond acceptors (Lipinski definition) is 5. The van der Waals surface area contributed by atoms with Crippen molar-refractivity contribution in [1.29, 1.82) is 5.26 Å². The van der Waals surface area contributed by atoms with Crippen molar-refractivity contribution in [3.8, 4) is 6.07 Å². The van der Waals surface area contributed by atoms with Crippen LogP contribution in [-0.4, -0.2) is 37.6 Å². The Morgan fingerprint density at radius 3 is 2.42 bits per heavy atom. The second-order valence-corrected chi connectivity index (χ2v) is 7.63. The van der Waals surface area contributed by atoms with Crippen LogP contribution < -0.4 is 10.2 Å². The van der Waals surface area contributed by atoms with Gasteiger partial charge in [0.25, 0.3) is 0 Å². The number of alkyl halides is 3. The van der Waals surface area contributed by atoms with Gasteiger partial charge in [-0.3, -0.25) is 10.1 Å². The van der Waals surface area contributed by atoms with Crippen LogP contribution in [0.25, 0.3) is 0 Å². The molecule has 6 nitrogen and oxygen atoms in total. The molecule has 1 heterocycles. The first-order valence-electron chi connectivity index (χ1n) is 10.1. The van der Waals surface area contributed by atoms with Crippen molar-refractivity contribution in [2.24, 2.45) is 5.92 Å².